The molecule has 0 spiro atoms. The van der Waals surface area contributed by atoms with Gasteiger partial charge in [0.1, 0.15) is 11.5 Å². The molecule has 0 atom stereocenters. The summed E-state index contributed by atoms with van der Waals surface area (Å²) < 4.78 is 13.0. The first-order valence-electron chi connectivity index (χ1n) is 8.73. The predicted molar refractivity (Wildman–Crippen MR) is 115 cm³/mol. The molecule has 0 radical (unpaired) electrons. The molecule has 27 heavy (non-hydrogen) atoms. The van der Waals surface area contributed by atoms with E-state index in [4.69, 9.17) is 9.47 Å². The summed E-state index contributed by atoms with van der Waals surface area (Å²) in [4.78, 5) is 12.5. The van der Waals surface area contributed by atoms with Crippen LogP contribution in [0.25, 0.3) is 0 Å². The first kappa shape index (κ1) is 21.4. The predicted octanol–water partition coefficient (Wildman–Crippen LogP) is 5.55. The molecule has 5 nitrogen and oxygen atoms in total. The number of carbonyl (C=O) groups excluding carboxylic acids is 1. The number of amides is 1. The van der Waals surface area contributed by atoms with Crippen LogP contribution in [0.2, 0.25) is 0 Å². The Morgan fingerprint density at radius 3 is 2.48 bits per heavy atom. The molecule has 0 aromatic heterocycles. The monoisotopic (exact) mass is 496 g/mol. The van der Waals surface area contributed by atoms with Crippen LogP contribution in [-0.2, 0) is 0 Å². The quantitative estimate of drug-likeness (QED) is 0.280. The first-order valence-corrected chi connectivity index (χ1v) is 10.3. The fourth-order valence-corrected chi connectivity index (χ4v) is 3.00. The molecule has 0 heterocycles. The zero-order valence-electron chi connectivity index (χ0n) is 15.3. The lowest BCUT2D eigenvalue weighted by Crippen LogP contribution is -2.19. The van der Waals surface area contributed by atoms with Crippen LogP contribution in [0.15, 0.2) is 50.4 Å². The van der Waals surface area contributed by atoms with Crippen LogP contribution in [0.5, 0.6) is 11.5 Å². The second-order valence-corrected chi connectivity index (χ2v) is 7.49. The molecule has 0 aliphatic heterocycles. The second-order valence-electron chi connectivity index (χ2n) is 5.66. The van der Waals surface area contributed by atoms with Gasteiger partial charge in [-0.1, -0.05) is 45.2 Å². The van der Waals surface area contributed by atoms with Crippen molar-refractivity contribution >= 4 is 44.0 Å². The zero-order valence-corrected chi connectivity index (χ0v) is 18.5. The minimum Gasteiger partial charge on any atom is -0.493 e. The smallest absolute Gasteiger partial charge is 0.275 e. The third kappa shape index (κ3) is 6.66. The van der Waals surface area contributed by atoms with Gasteiger partial charge in [-0.25, -0.2) is 5.43 Å². The number of benzene rings is 2. The van der Waals surface area contributed by atoms with Gasteiger partial charge in [-0.05, 0) is 49.7 Å². The van der Waals surface area contributed by atoms with Gasteiger partial charge in [0.05, 0.1) is 25.0 Å². The fourth-order valence-electron chi connectivity index (χ4n) is 2.26. The standard InChI is InChI=1S/C20H22Br2N2O3/c1-3-5-10-27-18-8-6-15(21)11-14(18)13-23-24-20(25)17-12-16(22)7-9-19(17)26-4-2/h6-9,11-13H,3-5,10H2,1-2H3,(H,24,25)/b23-13-. The van der Waals surface area contributed by atoms with Crippen molar-refractivity contribution in [2.45, 2.75) is 26.7 Å². The van der Waals surface area contributed by atoms with E-state index in [0.29, 0.717) is 24.5 Å². The van der Waals surface area contributed by atoms with E-state index in [-0.39, 0.29) is 5.91 Å². The molecule has 0 bridgehead atoms. The Kier molecular flexibility index (Phi) is 8.81. The number of rotatable bonds is 9. The number of nitrogens with zero attached hydrogens (tertiary/aromatic N) is 1. The number of ether oxygens (including phenoxy) is 2. The molecule has 1 N–H and O–H groups in total. The minimum absolute atomic E-state index is 0.348. The topological polar surface area (TPSA) is 59.9 Å². The van der Waals surface area contributed by atoms with Gasteiger partial charge in [-0.3, -0.25) is 4.79 Å². The molecule has 1 amide bonds. The summed E-state index contributed by atoms with van der Waals surface area (Å²) in [5.74, 6) is 0.890. The first-order chi connectivity index (χ1) is 13.0. The second kappa shape index (κ2) is 11.1. The third-order valence-electron chi connectivity index (χ3n) is 3.58. The van der Waals surface area contributed by atoms with Gasteiger partial charge < -0.3 is 9.47 Å². The molecular weight excluding hydrogens is 476 g/mol. The number of hydrogen-bond acceptors (Lipinski definition) is 4. The summed E-state index contributed by atoms with van der Waals surface area (Å²) in [6, 6.07) is 11.0. The zero-order chi connectivity index (χ0) is 19.6. The number of hydrogen-bond donors (Lipinski definition) is 1. The maximum Gasteiger partial charge on any atom is 0.275 e. The summed E-state index contributed by atoms with van der Waals surface area (Å²) in [5, 5.41) is 4.08. The maximum absolute atomic E-state index is 12.5. The van der Waals surface area contributed by atoms with Crippen LogP contribution >= 0.6 is 31.9 Å². The molecule has 2 aromatic rings. The Hall–Kier alpha value is -1.86. The number of nitrogens with one attached hydrogen (secondary N) is 1. The number of hydrazone groups is 1. The average Bonchev–Trinajstić information content (AvgIpc) is 2.65. The van der Waals surface area contributed by atoms with Crippen molar-refractivity contribution < 1.29 is 14.3 Å². The van der Waals surface area contributed by atoms with E-state index in [0.717, 1.165) is 33.1 Å². The summed E-state index contributed by atoms with van der Waals surface area (Å²) in [5.41, 5.74) is 3.74. The third-order valence-corrected chi connectivity index (χ3v) is 4.57. The minimum atomic E-state index is -0.348. The summed E-state index contributed by atoms with van der Waals surface area (Å²) in [6.07, 6.45) is 3.61. The normalized spacial score (nSPS) is 10.8. The molecule has 144 valence electrons. The largest absolute Gasteiger partial charge is 0.493 e. The van der Waals surface area contributed by atoms with E-state index in [1.165, 1.54) is 0 Å². The van der Waals surface area contributed by atoms with Gasteiger partial charge >= 0.3 is 0 Å². The lowest BCUT2D eigenvalue weighted by atomic mass is 10.2. The number of unbranched alkanes of at least 4 members (excludes halogenated alkanes) is 1. The van der Waals surface area contributed by atoms with Crippen LogP contribution in [0, 0.1) is 0 Å². The van der Waals surface area contributed by atoms with Crippen molar-refractivity contribution in [3.8, 4) is 11.5 Å². The molecule has 7 heteroatoms. The summed E-state index contributed by atoms with van der Waals surface area (Å²) in [7, 11) is 0. The maximum atomic E-state index is 12.5. The van der Waals surface area contributed by atoms with Gasteiger partial charge in [0.2, 0.25) is 0 Å². The van der Waals surface area contributed by atoms with Crippen molar-refractivity contribution in [2.24, 2.45) is 5.10 Å². The number of carbonyl (C=O) groups is 1. The Morgan fingerprint density at radius 1 is 1.07 bits per heavy atom. The molecule has 2 aromatic carbocycles. The highest BCUT2D eigenvalue weighted by Crippen LogP contribution is 2.24. The molecule has 0 saturated carbocycles. The van der Waals surface area contributed by atoms with Crippen LogP contribution in [0.1, 0.15) is 42.6 Å². The van der Waals surface area contributed by atoms with Crippen molar-refractivity contribution in [3.05, 3.63) is 56.5 Å². The number of halogens is 2. The van der Waals surface area contributed by atoms with E-state index < -0.39 is 0 Å². The highest BCUT2D eigenvalue weighted by atomic mass is 79.9. The van der Waals surface area contributed by atoms with Crippen molar-refractivity contribution in [3.63, 3.8) is 0 Å². The molecule has 0 saturated heterocycles. The van der Waals surface area contributed by atoms with Crippen molar-refractivity contribution in [2.75, 3.05) is 13.2 Å². The van der Waals surface area contributed by atoms with Crippen molar-refractivity contribution in [1.29, 1.82) is 0 Å². The molecule has 0 aliphatic carbocycles. The Bertz CT molecular complexity index is 810. The van der Waals surface area contributed by atoms with E-state index in [9.17, 15) is 4.79 Å². The van der Waals surface area contributed by atoms with Crippen LogP contribution in [-0.4, -0.2) is 25.3 Å². The van der Waals surface area contributed by atoms with Gasteiger partial charge in [-0.2, -0.15) is 5.10 Å². The lowest BCUT2D eigenvalue weighted by molar-refractivity contribution is 0.0951. The Balaban J connectivity index is 2.12. The van der Waals surface area contributed by atoms with E-state index in [2.05, 4.69) is 49.3 Å². The lowest BCUT2D eigenvalue weighted by Gasteiger charge is -2.10. The summed E-state index contributed by atoms with van der Waals surface area (Å²) in [6.45, 7) is 5.10. The highest BCUT2D eigenvalue weighted by Gasteiger charge is 2.12. The van der Waals surface area contributed by atoms with E-state index in [1.807, 2.05) is 31.2 Å². The molecule has 2 rings (SSSR count). The SMILES string of the molecule is CCCCOc1ccc(Br)cc1/C=N\NC(=O)c1cc(Br)ccc1OCC. The molecule has 0 unspecified atom stereocenters. The van der Waals surface area contributed by atoms with Crippen LogP contribution in [0.3, 0.4) is 0 Å². The fraction of sp³-hybridized carbons (Fsp3) is 0.300. The van der Waals surface area contributed by atoms with Gasteiger partial charge in [-0.15, -0.1) is 0 Å². The van der Waals surface area contributed by atoms with Gasteiger partial charge in [0.15, 0.2) is 0 Å². The summed E-state index contributed by atoms with van der Waals surface area (Å²) >= 11 is 6.82. The Labute approximate surface area is 176 Å². The molecule has 0 aliphatic rings. The van der Waals surface area contributed by atoms with Crippen LogP contribution in [0.4, 0.5) is 0 Å². The highest BCUT2D eigenvalue weighted by molar-refractivity contribution is 9.10. The molecular formula is C20H22Br2N2O3. The Morgan fingerprint density at radius 2 is 1.78 bits per heavy atom. The van der Waals surface area contributed by atoms with E-state index >= 15 is 0 Å². The van der Waals surface area contributed by atoms with Gasteiger partial charge in [0, 0.05) is 14.5 Å². The van der Waals surface area contributed by atoms with Gasteiger partial charge in [0.25, 0.3) is 5.91 Å². The van der Waals surface area contributed by atoms with E-state index in [1.54, 1.807) is 18.3 Å². The van der Waals surface area contributed by atoms with Crippen LogP contribution < -0.4 is 14.9 Å². The van der Waals surface area contributed by atoms with Crippen molar-refractivity contribution in [1.82, 2.24) is 5.43 Å². The average molecular weight is 498 g/mol. The molecule has 0 fully saturated rings.